The molecule has 1 unspecified atom stereocenters. The molecule has 0 bridgehead atoms. The van der Waals surface area contributed by atoms with E-state index in [1.54, 1.807) is 27.9 Å². The fraction of sp³-hybridized carbons (Fsp3) is 0.353. The first-order valence-electron chi connectivity index (χ1n) is 7.81. The molecule has 1 aromatic heterocycles. The molecule has 1 saturated heterocycles. The molecule has 24 heavy (non-hydrogen) atoms. The highest BCUT2D eigenvalue weighted by atomic mass is 19.1. The van der Waals surface area contributed by atoms with Crippen molar-refractivity contribution in [2.45, 2.75) is 32.5 Å². The lowest BCUT2D eigenvalue weighted by Gasteiger charge is -2.17. The highest BCUT2D eigenvalue weighted by Crippen LogP contribution is 2.15. The summed E-state index contributed by atoms with van der Waals surface area (Å²) in [6.07, 6.45) is 2.03. The first-order chi connectivity index (χ1) is 11.5. The Hall–Kier alpha value is -2.70. The van der Waals surface area contributed by atoms with Crippen LogP contribution >= 0.6 is 0 Å². The van der Waals surface area contributed by atoms with Crippen LogP contribution in [0.15, 0.2) is 36.5 Å². The van der Waals surface area contributed by atoms with Crippen molar-refractivity contribution in [2.75, 3.05) is 6.54 Å². The maximum Gasteiger partial charge on any atom is 0.242 e. The predicted octanol–water partition coefficient (Wildman–Crippen LogP) is 1.25. The quantitative estimate of drug-likeness (QED) is 0.897. The molecule has 1 N–H and O–H groups in total. The van der Waals surface area contributed by atoms with Crippen LogP contribution in [-0.4, -0.2) is 39.1 Å². The lowest BCUT2D eigenvalue weighted by Crippen LogP contribution is -2.38. The molecule has 1 aromatic carbocycles. The van der Waals surface area contributed by atoms with Gasteiger partial charge < -0.3 is 10.2 Å². The largest absolute Gasteiger partial charge is 0.349 e. The minimum Gasteiger partial charge on any atom is -0.349 e. The van der Waals surface area contributed by atoms with Crippen LogP contribution in [0.4, 0.5) is 4.39 Å². The smallest absolute Gasteiger partial charge is 0.242 e. The molecule has 1 fully saturated rings. The normalized spacial score (nSPS) is 17.3. The summed E-state index contributed by atoms with van der Waals surface area (Å²) in [6, 6.07) is 7.70. The van der Waals surface area contributed by atoms with Gasteiger partial charge in [0.05, 0.1) is 11.7 Å². The molecule has 126 valence electrons. The standard InChI is InChI=1S/C17H19FN4O2/c1-12-6-7-22(20-12)11-16(23)19-15-8-17(24)21(10-15)9-13-2-4-14(18)5-3-13/h2-7,15H,8-11H2,1H3,(H,19,23). The van der Waals surface area contributed by atoms with Gasteiger partial charge in [0.15, 0.2) is 0 Å². The minimum atomic E-state index is -0.300. The van der Waals surface area contributed by atoms with E-state index in [1.165, 1.54) is 12.1 Å². The Morgan fingerprint density at radius 3 is 2.75 bits per heavy atom. The number of benzene rings is 1. The van der Waals surface area contributed by atoms with Crippen LogP contribution < -0.4 is 5.32 Å². The van der Waals surface area contributed by atoms with Gasteiger partial charge in [-0.05, 0) is 30.7 Å². The van der Waals surface area contributed by atoms with Crippen molar-refractivity contribution in [1.82, 2.24) is 20.0 Å². The number of halogens is 1. The van der Waals surface area contributed by atoms with Gasteiger partial charge in [-0.15, -0.1) is 0 Å². The molecule has 1 aliphatic heterocycles. The second kappa shape index (κ2) is 6.82. The molecule has 2 aromatic rings. The van der Waals surface area contributed by atoms with Gasteiger partial charge in [-0.3, -0.25) is 14.3 Å². The molecule has 1 aliphatic rings. The van der Waals surface area contributed by atoms with Crippen LogP contribution in [0.2, 0.25) is 0 Å². The van der Waals surface area contributed by atoms with Crippen molar-refractivity contribution >= 4 is 11.8 Å². The Morgan fingerprint density at radius 2 is 2.08 bits per heavy atom. The Balaban J connectivity index is 1.52. The molecule has 3 rings (SSSR count). The zero-order valence-corrected chi connectivity index (χ0v) is 13.4. The number of nitrogens with one attached hydrogen (secondary N) is 1. The van der Waals surface area contributed by atoms with Crippen molar-refractivity contribution in [3.8, 4) is 0 Å². The summed E-state index contributed by atoms with van der Waals surface area (Å²) in [5, 5.41) is 7.04. The van der Waals surface area contributed by atoms with Gasteiger partial charge in [0, 0.05) is 25.7 Å². The number of likely N-dealkylation sites (tertiary alicyclic amines) is 1. The molecule has 6 nitrogen and oxygen atoms in total. The van der Waals surface area contributed by atoms with Crippen LogP contribution in [0.1, 0.15) is 17.7 Å². The number of nitrogens with zero attached hydrogens (tertiary/aromatic N) is 3. The third-order valence-electron chi connectivity index (χ3n) is 3.95. The molecule has 2 heterocycles. The number of hydrogen-bond donors (Lipinski definition) is 1. The predicted molar refractivity (Wildman–Crippen MR) is 85.3 cm³/mol. The maximum atomic E-state index is 12.9. The minimum absolute atomic E-state index is 0.0143. The topological polar surface area (TPSA) is 67.2 Å². The molecular weight excluding hydrogens is 311 g/mol. The number of carbonyl (C=O) groups excluding carboxylic acids is 2. The Bertz CT molecular complexity index is 741. The molecule has 1 atom stereocenters. The van der Waals surface area contributed by atoms with E-state index in [-0.39, 0.29) is 36.6 Å². The number of rotatable bonds is 5. The third-order valence-corrected chi connectivity index (χ3v) is 3.95. The van der Waals surface area contributed by atoms with E-state index in [9.17, 15) is 14.0 Å². The van der Waals surface area contributed by atoms with Gasteiger partial charge in [0.1, 0.15) is 12.4 Å². The summed E-state index contributed by atoms with van der Waals surface area (Å²) in [6.45, 7) is 2.87. The zero-order valence-electron chi connectivity index (χ0n) is 13.4. The summed E-state index contributed by atoms with van der Waals surface area (Å²) in [7, 11) is 0. The van der Waals surface area contributed by atoms with Crippen molar-refractivity contribution in [3.63, 3.8) is 0 Å². The SMILES string of the molecule is Cc1ccn(CC(=O)NC2CC(=O)N(Cc3ccc(F)cc3)C2)n1. The summed E-state index contributed by atoms with van der Waals surface area (Å²) >= 11 is 0. The van der Waals surface area contributed by atoms with Gasteiger partial charge in [0.2, 0.25) is 11.8 Å². The van der Waals surface area contributed by atoms with Crippen molar-refractivity contribution in [3.05, 3.63) is 53.6 Å². The van der Waals surface area contributed by atoms with E-state index < -0.39 is 0 Å². The molecule has 2 amide bonds. The lowest BCUT2D eigenvalue weighted by molar-refractivity contribution is -0.128. The van der Waals surface area contributed by atoms with E-state index in [0.717, 1.165) is 11.3 Å². The maximum absolute atomic E-state index is 12.9. The summed E-state index contributed by atoms with van der Waals surface area (Å²) in [5.41, 5.74) is 1.72. The zero-order chi connectivity index (χ0) is 17.1. The number of aryl methyl sites for hydroxylation is 1. The van der Waals surface area contributed by atoms with Gasteiger partial charge in [-0.1, -0.05) is 12.1 Å². The second-order valence-corrected chi connectivity index (χ2v) is 6.02. The summed E-state index contributed by atoms with van der Waals surface area (Å²) in [4.78, 5) is 25.8. The van der Waals surface area contributed by atoms with E-state index in [2.05, 4.69) is 10.4 Å². The van der Waals surface area contributed by atoms with Crippen LogP contribution in [-0.2, 0) is 22.7 Å². The lowest BCUT2D eigenvalue weighted by atomic mass is 10.2. The number of amides is 2. The number of aromatic nitrogens is 2. The molecule has 0 saturated carbocycles. The molecular formula is C17H19FN4O2. The van der Waals surface area contributed by atoms with Crippen LogP contribution in [0.25, 0.3) is 0 Å². The average Bonchev–Trinajstić information content (AvgIpc) is 3.07. The van der Waals surface area contributed by atoms with E-state index in [0.29, 0.717) is 13.1 Å². The van der Waals surface area contributed by atoms with Gasteiger partial charge in [-0.25, -0.2) is 4.39 Å². The highest BCUT2D eigenvalue weighted by molar-refractivity contribution is 5.82. The third kappa shape index (κ3) is 3.98. The molecule has 7 heteroatoms. The highest BCUT2D eigenvalue weighted by Gasteiger charge is 2.30. The van der Waals surface area contributed by atoms with Crippen molar-refractivity contribution < 1.29 is 14.0 Å². The Morgan fingerprint density at radius 1 is 1.33 bits per heavy atom. The van der Waals surface area contributed by atoms with Gasteiger partial charge >= 0.3 is 0 Å². The van der Waals surface area contributed by atoms with Crippen molar-refractivity contribution in [1.29, 1.82) is 0 Å². The molecule has 0 aliphatic carbocycles. The number of hydrogen-bond acceptors (Lipinski definition) is 3. The molecule has 0 spiro atoms. The second-order valence-electron chi connectivity index (χ2n) is 6.02. The van der Waals surface area contributed by atoms with Gasteiger partial charge in [0.25, 0.3) is 0 Å². The van der Waals surface area contributed by atoms with Crippen LogP contribution in [0.5, 0.6) is 0 Å². The average molecular weight is 330 g/mol. The van der Waals surface area contributed by atoms with E-state index in [4.69, 9.17) is 0 Å². The Kier molecular flexibility index (Phi) is 4.59. The first-order valence-corrected chi connectivity index (χ1v) is 7.81. The first kappa shape index (κ1) is 16.2. The van der Waals surface area contributed by atoms with Crippen LogP contribution in [0, 0.1) is 12.7 Å². The van der Waals surface area contributed by atoms with Crippen molar-refractivity contribution in [2.24, 2.45) is 0 Å². The fourth-order valence-corrected chi connectivity index (χ4v) is 2.80. The van der Waals surface area contributed by atoms with Gasteiger partial charge in [-0.2, -0.15) is 5.10 Å². The summed E-state index contributed by atoms with van der Waals surface area (Å²) < 4.78 is 14.5. The summed E-state index contributed by atoms with van der Waals surface area (Å²) in [5.74, 6) is -0.482. The Labute approximate surface area is 139 Å². The molecule has 0 radical (unpaired) electrons. The monoisotopic (exact) mass is 330 g/mol. The fourth-order valence-electron chi connectivity index (χ4n) is 2.80. The van der Waals surface area contributed by atoms with E-state index >= 15 is 0 Å². The number of carbonyl (C=O) groups is 2. The van der Waals surface area contributed by atoms with Crippen LogP contribution in [0.3, 0.4) is 0 Å². The van der Waals surface area contributed by atoms with E-state index in [1.807, 2.05) is 13.0 Å².